The van der Waals surface area contributed by atoms with Crippen LogP contribution in [0.4, 0.5) is 43.9 Å². The van der Waals surface area contributed by atoms with Crippen molar-refractivity contribution < 1.29 is 53.4 Å². The average molecular weight is 418 g/mol. The molecular formula is C15H16F10O2. The van der Waals surface area contributed by atoms with E-state index in [0.717, 1.165) is 0 Å². The molecule has 0 saturated heterocycles. The van der Waals surface area contributed by atoms with Crippen molar-refractivity contribution in [1.29, 1.82) is 0 Å². The van der Waals surface area contributed by atoms with Crippen molar-refractivity contribution in [2.75, 3.05) is 6.61 Å². The van der Waals surface area contributed by atoms with E-state index in [9.17, 15) is 48.7 Å². The van der Waals surface area contributed by atoms with E-state index < -0.39 is 66.4 Å². The predicted octanol–water partition coefficient (Wildman–Crippen LogP) is 5.22. The molecule has 0 aromatic rings. The second-order valence-corrected chi connectivity index (χ2v) is 7.37. The summed E-state index contributed by atoms with van der Waals surface area (Å²) in [7, 11) is 0. The van der Waals surface area contributed by atoms with Crippen LogP contribution in [0, 0.1) is 29.1 Å². The van der Waals surface area contributed by atoms with E-state index >= 15 is 0 Å². The Kier molecular flexibility index (Phi) is 5.01. The molecule has 0 heterocycles. The van der Waals surface area contributed by atoms with Gasteiger partial charge in [-0.15, -0.1) is 0 Å². The molecule has 0 aliphatic heterocycles. The number of hydrogen-bond donors (Lipinski definition) is 0. The first-order valence-corrected chi connectivity index (χ1v) is 7.96. The first-order valence-electron chi connectivity index (χ1n) is 7.96. The van der Waals surface area contributed by atoms with Crippen molar-refractivity contribution in [3.8, 4) is 0 Å². The molecule has 0 radical (unpaired) electrons. The molecule has 5 unspecified atom stereocenters. The number of carbonyl (C=O) groups is 1. The molecule has 0 amide bonds. The van der Waals surface area contributed by atoms with Crippen molar-refractivity contribution in [3.05, 3.63) is 0 Å². The lowest BCUT2D eigenvalue weighted by Gasteiger charge is -2.42. The van der Waals surface area contributed by atoms with Gasteiger partial charge in [-0.05, 0) is 36.5 Å². The molecule has 2 bridgehead atoms. The molecular weight excluding hydrogens is 402 g/mol. The molecule has 2 aliphatic rings. The first kappa shape index (κ1) is 22.1. The highest BCUT2D eigenvalue weighted by Crippen LogP contribution is 2.66. The molecule has 2 nitrogen and oxygen atoms in total. The summed E-state index contributed by atoms with van der Waals surface area (Å²) in [6.45, 7) is 0.159. The average Bonchev–Trinajstić information content (AvgIpc) is 3.00. The van der Waals surface area contributed by atoms with Gasteiger partial charge in [-0.3, -0.25) is 4.79 Å². The number of alkyl halides is 10. The number of fused-ring (bicyclic) bond motifs is 2. The zero-order valence-electron chi connectivity index (χ0n) is 14.0. The standard InChI is InChI=1S/C15H16F10O2/c1-6-7(2)9-3-8(6)4-11(9,13(17,18)19)10(26)27-5-12(16,14(20,21)22)15(23,24)25/h6-9H,3-5H2,1-2H3. The fourth-order valence-electron chi connectivity index (χ4n) is 4.33. The molecule has 2 saturated carbocycles. The summed E-state index contributed by atoms with van der Waals surface area (Å²) >= 11 is 0. The highest BCUT2D eigenvalue weighted by atomic mass is 19.4. The zero-order valence-corrected chi connectivity index (χ0v) is 14.0. The predicted molar refractivity (Wildman–Crippen MR) is 69.9 cm³/mol. The van der Waals surface area contributed by atoms with Gasteiger partial charge < -0.3 is 4.74 Å². The van der Waals surface area contributed by atoms with E-state index in [0.29, 0.717) is 0 Å². The Hall–Kier alpha value is -1.23. The first-order chi connectivity index (χ1) is 11.9. The molecule has 27 heavy (non-hydrogen) atoms. The second kappa shape index (κ2) is 6.13. The van der Waals surface area contributed by atoms with Crippen LogP contribution in [0.3, 0.4) is 0 Å². The third-order valence-corrected chi connectivity index (χ3v) is 6.15. The van der Waals surface area contributed by atoms with Gasteiger partial charge in [0.2, 0.25) is 0 Å². The van der Waals surface area contributed by atoms with Crippen LogP contribution in [0.5, 0.6) is 0 Å². The molecule has 2 rings (SSSR count). The maximum Gasteiger partial charge on any atom is 0.435 e. The minimum Gasteiger partial charge on any atom is -0.461 e. The molecule has 0 aromatic carbocycles. The van der Waals surface area contributed by atoms with E-state index in [2.05, 4.69) is 4.74 Å². The Morgan fingerprint density at radius 1 is 0.926 bits per heavy atom. The van der Waals surface area contributed by atoms with Gasteiger partial charge in [-0.25, -0.2) is 4.39 Å². The van der Waals surface area contributed by atoms with Gasteiger partial charge in [0.05, 0.1) is 0 Å². The van der Waals surface area contributed by atoms with E-state index in [1.54, 1.807) is 6.92 Å². The third kappa shape index (κ3) is 3.06. The number of hydrogen-bond acceptors (Lipinski definition) is 2. The van der Waals surface area contributed by atoms with Crippen molar-refractivity contribution in [2.45, 2.75) is 50.9 Å². The van der Waals surface area contributed by atoms with Crippen LogP contribution in [0.15, 0.2) is 0 Å². The van der Waals surface area contributed by atoms with Crippen molar-refractivity contribution in [2.24, 2.45) is 29.1 Å². The largest absolute Gasteiger partial charge is 0.461 e. The Morgan fingerprint density at radius 2 is 1.41 bits per heavy atom. The van der Waals surface area contributed by atoms with E-state index in [-0.39, 0.29) is 12.3 Å². The molecule has 2 aliphatic carbocycles. The summed E-state index contributed by atoms with van der Waals surface area (Å²) in [5.74, 6) is -5.09. The number of carbonyl (C=O) groups excluding carboxylic acids is 1. The van der Waals surface area contributed by atoms with Crippen LogP contribution in [0.1, 0.15) is 26.7 Å². The quantitative estimate of drug-likeness (QED) is 0.464. The number of ether oxygens (including phenoxy) is 1. The van der Waals surface area contributed by atoms with Crippen LogP contribution < -0.4 is 0 Å². The smallest absolute Gasteiger partial charge is 0.435 e. The Balaban J connectivity index is 2.32. The molecule has 0 aromatic heterocycles. The van der Waals surface area contributed by atoms with Crippen LogP contribution in [-0.2, 0) is 9.53 Å². The topological polar surface area (TPSA) is 26.3 Å². The van der Waals surface area contributed by atoms with Crippen LogP contribution in [0.2, 0.25) is 0 Å². The molecule has 2 fully saturated rings. The fraction of sp³-hybridized carbons (Fsp3) is 0.933. The Morgan fingerprint density at radius 3 is 1.74 bits per heavy atom. The summed E-state index contributed by atoms with van der Waals surface area (Å²) in [6, 6.07) is 0. The third-order valence-electron chi connectivity index (χ3n) is 6.15. The summed E-state index contributed by atoms with van der Waals surface area (Å²) in [5, 5.41) is 0. The molecule has 0 spiro atoms. The lowest BCUT2D eigenvalue weighted by atomic mass is 9.65. The number of rotatable bonds is 3. The SMILES string of the molecule is CC1C2CC(C1C)C(C(=O)OCC(F)(C(F)(F)F)C(F)(F)F)(C(F)(F)F)C2. The van der Waals surface area contributed by atoms with Gasteiger partial charge >= 0.3 is 30.2 Å². The van der Waals surface area contributed by atoms with Gasteiger partial charge in [0.15, 0.2) is 5.41 Å². The van der Waals surface area contributed by atoms with Gasteiger partial charge in [-0.2, -0.15) is 39.5 Å². The fourth-order valence-corrected chi connectivity index (χ4v) is 4.33. The molecule has 5 atom stereocenters. The van der Waals surface area contributed by atoms with Crippen molar-refractivity contribution in [3.63, 3.8) is 0 Å². The van der Waals surface area contributed by atoms with Crippen molar-refractivity contribution >= 4 is 5.97 Å². The van der Waals surface area contributed by atoms with Crippen molar-refractivity contribution in [1.82, 2.24) is 0 Å². The van der Waals surface area contributed by atoms with Crippen LogP contribution in [0.25, 0.3) is 0 Å². The Labute approximate surface area is 147 Å². The summed E-state index contributed by atoms with van der Waals surface area (Å²) in [4.78, 5) is 12.1. The summed E-state index contributed by atoms with van der Waals surface area (Å²) in [5.41, 5.74) is -9.19. The van der Waals surface area contributed by atoms with E-state index in [1.165, 1.54) is 6.92 Å². The number of halogens is 10. The molecule has 12 heteroatoms. The van der Waals surface area contributed by atoms with E-state index in [4.69, 9.17) is 0 Å². The normalized spacial score (nSPS) is 34.8. The molecule has 0 N–H and O–H groups in total. The maximum absolute atomic E-state index is 13.7. The van der Waals surface area contributed by atoms with Gasteiger partial charge in [0.1, 0.15) is 6.61 Å². The monoisotopic (exact) mass is 418 g/mol. The zero-order chi connectivity index (χ0) is 21.2. The van der Waals surface area contributed by atoms with Gasteiger partial charge in [0.25, 0.3) is 0 Å². The Bertz CT molecular complexity index is 577. The summed E-state index contributed by atoms with van der Waals surface area (Å²) < 4.78 is 133. The lowest BCUT2D eigenvalue weighted by molar-refractivity contribution is -0.350. The highest BCUT2D eigenvalue weighted by molar-refractivity contribution is 5.79. The van der Waals surface area contributed by atoms with Crippen LogP contribution >= 0.6 is 0 Å². The minimum absolute atomic E-state index is 0.0593. The summed E-state index contributed by atoms with van der Waals surface area (Å²) in [6.07, 6.45) is -19.2. The minimum atomic E-state index is -6.52. The van der Waals surface area contributed by atoms with Gasteiger partial charge in [-0.1, -0.05) is 13.8 Å². The highest BCUT2D eigenvalue weighted by Gasteiger charge is 2.76. The number of esters is 1. The van der Waals surface area contributed by atoms with E-state index in [1.807, 2.05) is 0 Å². The maximum atomic E-state index is 13.7. The molecule has 158 valence electrons. The van der Waals surface area contributed by atoms with Gasteiger partial charge in [0, 0.05) is 0 Å². The second-order valence-electron chi connectivity index (χ2n) is 7.37. The lowest BCUT2D eigenvalue weighted by Crippen LogP contribution is -2.58. The van der Waals surface area contributed by atoms with Crippen LogP contribution in [-0.4, -0.2) is 36.8 Å².